The van der Waals surface area contributed by atoms with E-state index < -0.39 is 0 Å². The fraction of sp³-hybridized carbons (Fsp3) is 0.0667. The van der Waals surface area contributed by atoms with Gasteiger partial charge in [-0.1, -0.05) is 42.5 Å². The second-order valence-electron chi connectivity index (χ2n) is 3.97. The Bertz CT molecular complexity index is 653. The quantitative estimate of drug-likeness (QED) is 0.700. The van der Waals surface area contributed by atoms with Crippen molar-refractivity contribution in [1.29, 1.82) is 0 Å². The molecular formula is C15H12N2O. The highest BCUT2D eigenvalue weighted by atomic mass is 16.5. The smallest absolute Gasteiger partial charge is 0.233 e. The van der Waals surface area contributed by atoms with Crippen LogP contribution in [-0.4, -0.2) is 9.97 Å². The van der Waals surface area contributed by atoms with Crippen LogP contribution in [0.2, 0.25) is 0 Å². The molecule has 0 fully saturated rings. The molecule has 88 valence electrons. The first-order valence-electron chi connectivity index (χ1n) is 5.80. The molecule has 2 aromatic carbocycles. The maximum absolute atomic E-state index is 5.63. The average molecular weight is 236 g/mol. The topological polar surface area (TPSA) is 35.0 Å². The molecule has 0 saturated carbocycles. The van der Waals surface area contributed by atoms with Gasteiger partial charge in [0.15, 0.2) is 0 Å². The summed E-state index contributed by atoms with van der Waals surface area (Å²) in [7, 11) is 0. The molecule has 0 saturated heterocycles. The molecule has 1 heterocycles. The normalized spacial score (nSPS) is 10.4. The summed E-state index contributed by atoms with van der Waals surface area (Å²) in [5, 5.41) is 0. The van der Waals surface area contributed by atoms with Crippen LogP contribution in [0.1, 0.15) is 5.56 Å². The highest BCUT2D eigenvalue weighted by molar-refractivity contribution is 5.73. The fourth-order valence-corrected chi connectivity index (χ4v) is 1.74. The lowest BCUT2D eigenvalue weighted by Crippen LogP contribution is -1.97. The number of fused-ring (bicyclic) bond motifs is 1. The summed E-state index contributed by atoms with van der Waals surface area (Å²) in [5.41, 5.74) is 2.85. The van der Waals surface area contributed by atoms with E-state index in [0.29, 0.717) is 12.5 Å². The van der Waals surface area contributed by atoms with Crippen molar-refractivity contribution >= 4 is 11.0 Å². The number of benzene rings is 2. The van der Waals surface area contributed by atoms with Crippen LogP contribution in [0, 0.1) is 0 Å². The molecule has 0 N–H and O–H groups in total. The van der Waals surface area contributed by atoms with Crippen LogP contribution in [0.4, 0.5) is 0 Å². The third-order valence-electron chi connectivity index (χ3n) is 2.66. The van der Waals surface area contributed by atoms with Crippen molar-refractivity contribution in [3.8, 4) is 5.88 Å². The van der Waals surface area contributed by atoms with E-state index in [2.05, 4.69) is 9.97 Å². The van der Waals surface area contributed by atoms with Gasteiger partial charge in [0.2, 0.25) is 5.88 Å². The van der Waals surface area contributed by atoms with Gasteiger partial charge < -0.3 is 4.74 Å². The standard InChI is InChI=1S/C15H12N2O/c1-2-6-12(7-3-1)11-18-15-10-16-13-8-4-5-9-14(13)17-15/h1-10H,11H2. The van der Waals surface area contributed by atoms with Crippen LogP contribution in [0.15, 0.2) is 60.8 Å². The van der Waals surface area contributed by atoms with E-state index in [0.717, 1.165) is 16.6 Å². The third-order valence-corrected chi connectivity index (χ3v) is 2.66. The second-order valence-corrected chi connectivity index (χ2v) is 3.97. The molecule has 3 aromatic rings. The summed E-state index contributed by atoms with van der Waals surface area (Å²) in [5.74, 6) is 0.553. The third kappa shape index (κ3) is 2.30. The molecular weight excluding hydrogens is 224 g/mol. The van der Waals surface area contributed by atoms with Gasteiger partial charge in [0.05, 0.1) is 17.2 Å². The van der Waals surface area contributed by atoms with E-state index in [1.807, 2.05) is 54.6 Å². The van der Waals surface area contributed by atoms with E-state index in [4.69, 9.17) is 4.74 Å². The molecule has 0 aliphatic heterocycles. The first-order valence-corrected chi connectivity index (χ1v) is 5.80. The maximum atomic E-state index is 5.63. The highest BCUT2D eigenvalue weighted by Crippen LogP contribution is 2.14. The minimum Gasteiger partial charge on any atom is -0.472 e. The van der Waals surface area contributed by atoms with Crippen LogP contribution in [0.3, 0.4) is 0 Å². The van der Waals surface area contributed by atoms with Crippen LogP contribution in [0.25, 0.3) is 11.0 Å². The molecule has 0 unspecified atom stereocenters. The molecule has 0 radical (unpaired) electrons. The predicted octanol–water partition coefficient (Wildman–Crippen LogP) is 3.21. The molecule has 18 heavy (non-hydrogen) atoms. The van der Waals surface area contributed by atoms with Gasteiger partial charge in [-0.3, -0.25) is 0 Å². The van der Waals surface area contributed by atoms with Gasteiger partial charge in [-0.2, -0.15) is 0 Å². The Kier molecular flexibility index (Phi) is 2.88. The Hall–Kier alpha value is -2.42. The Morgan fingerprint density at radius 3 is 2.39 bits per heavy atom. The summed E-state index contributed by atoms with van der Waals surface area (Å²) in [6.45, 7) is 0.508. The first-order chi connectivity index (χ1) is 8.92. The molecule has 3 heteroatoms. The van der Waals surface area contributed by atoms with Gasteiger partial charge in [0.1, 0.15) is 6.61 Å². The number of para-hydroxylation sites is 2. The molecule has 3 rings (SSSR count). The molecule has 0 spiro atoms. The molecule has 0 bridgehead atoms. The van der Waals surface area contributed by atoms with E-state index in [9.17, 15) is 0 Å². The van der Waals surface area contributed by atoms with Crippen molar-refractivity contribution in [1.82, 2.24) is 9.97 Å². The SMILES string of the molecule is c1ccc(COc2cnc3ccccc3n2)cc1. The molecule has 3 nitrogen and oxygen atoms in total. The van der Waals surface area contributed by atoms with Crippen molar-refractivity contribution in [2.75, 3.05) is 0 Å². The van der Waals surface area contributed by atoms with Crippen molar-refractivity contribution in [3.63, 3.8) is 0 Å². The van der Waals surface area contributed by atoms with Gasteiger partial charge in [-0.05, 0) is 17.7 Å². The van der Waals surface area contributed by atoms with Crippen molar-refractivity contribution in [2.45, 2.75) is 6.61 Å². The molecule has 0 aliphatic rings. The lowest BCUT2D eigenvalue weighted by molar-refractivity contribution is 0.294. The molecule has 0 amide bonds. The van der Waals surface area contributed by atoms with Gasteiger partial charge in [0.25, 0.3) is 0 Å². The van der Waals surface area contributed by atoms with E-state index >= 15 is 0 Å². The number of aromatic nitrogens is 2. The minimum atomic E-state index is 0.508. The number of nitrogens with zero attached hydrogens (tertiary/aromatic N) is 2. The lowest BCUT2D eigenvalue weighted by Gasteiger charge is -2.05. The van der Waals surface area contributed by atoms with Crippen molar-refractivity contribution < 1.29 is 4.74 Å². The Balaban J connectivity index is 1.79. The zero-order valence-corrected chi connectivity index (χ0v) is 9.78. The van der Waals surface area contributed by atoms with Crippen LogP contribution >= 0.6 is 0 Å². The fourth-order valence-electron chi connectivity index (χ4n) is 1.74. The first kappa shape index (κ1) is 10.7. The van der Waals surface area contributed by atoms with E-state index in [-0.39, 0.29) is 0 Å². The van der Waals surface area contributed by atoms with Crippen LogP contribution in [0.5, 0.6) is 5.88 Å². The zero-order chi connectivity index (χ0) is 12.2. The number of ether oxygens (including phenoxy) is 1. The summed E-state index contributed by atoms with van der Waals surface area (Å²) in [6, 6.07) is 17.8. The molecule has 1 aromatic heterocycles. The summed E-state index contributed by atoms with van der Waals surface area (Å²) in [4.78, 5) is 8.71. The Morgan fingerprint density at radius 1 is 0.833 bits per heavy atom. The number of hydrogen-bond donors (Lipinski definition) is 0. The van der Waals surface area contributed by atoms with Crippen molar-refractivity contribution in [2.24, 2.45) is 0 Å². The average Bonchev–Trinajstić information content (AvgIpc) is 2.46. The highest BCUT2D eigenvalue weighted by Gasteiger charge is 2.00. The zero-order valence-electron chi connectivity index (χ0n) is 9.78. The van der Waals surface area contributed by atoms with Gasteiger partial charge in [-0.15, -0.1) is 0 Å². The van der Waals surface area contributed by atoms with Gasteiger partial charge >= 0.3 is 0 Å². The number of hydrogen-bond acceptors (Lipinski definition) is 3. The summed E-state index contributed by atoms with van der Waals surface area (Å²) >= 11 is 0. The Labute approximate surface area is 105 Å². The Morgan fingerprint density at radius 2 is 1.56 bits per heavy atom. The van der Waals surface area contributed by atoms with E-state index in [1.54, 1.807) is 6.20 Å². The second kappa shape index (κ2) is 4.84. The van der Waals surface area contributed by atoms with Crippen molar-refractivity contribution in [3.05, 3.63) is 66.4 Å². The molecule has 0 atom stereocenters. The van der Waals surface area contributed by atoms with E-state index in [1.165, 1.54) is 0 Å². The number of rotatable bonds is 3. The summed E-state index contributed by atoms with van der Waals surface area (Å²) in [6.07, 6.45) is 1.66. The van der Waals surface area contributed by atoms with Crippen LogP contribution < -0.4 is 4.74 Å². The van der Waals surface area contributed by atoms with Gasteiger partial charge in [0, 0.05) is 0 Å². The predicted molar refractivity (Wildman–Crippen MR) is 70.3 cm³/mol. The maximum Gasteiger partial charge on any atom is 0.233 e. The van der Waals surface area contributed by atoms with Gasteiger partial charge in [-0.25, -0.2) is 9.97 Å². The minimum absolute atomic E-state index is 0.508. The summed E-state index contributed by atoms with van der Waals surface area (Å²) < 4.78 is 5.63. The molecule has 0 aliphatic carbocycles. The van der Waals surface area contributed by atoms with Crippen LogP contribution in [-0.2, 0) is 6.61 Å². The monoisotopic (exact) mass is 236 g/mol. The lowest BCUT2D eigenvalue weighted by atomic mass is 10.2. The largest absolute Gasteiger partial charge is 0.472 e.